The van der Waals surface area contributed by atoms with Crippen LogP contribution in [0.1, 0.15) is 29.5 Å². The standard InChI is InChI=1S/C19H17N3O5/c1-27-17-9-8-11(10-16(17)22(25)26)18-13-5-2-4-12(13)14-6-3-7-15(21(23)24)19(14)20-18/h2-4,6-10,12-13,18,20H,5H2,1H3/t12-,13+,18?/m1/s1. The lowest BCUT2D eigenvalue weighted by Crippen LogP contribution is -2.29. The van der Waals surface area contributed by atoms with E-state index in [0.29, 0.717) is 11.3 Å². The molecule has 0 fully saturated rings. The van der Waals surface area contributed by atoms with Crippen LogP contribution in [-0.2, 0) is 0 Å². The number of nitro benzene ring substituents is 2. The van der Waals surface area contributed by atoms with Crippen molar-refractivity contribution in [3.63, 3.8) is 0 Å². The number of ether oxygens (including phenoxy) is 1. The number of fused-ring (bicyclic) bond motifs is 3. The number of allylic oxidation sites excluding steroid dienone is 2. The zero-order valence-electron chi connectivity index (χ0n) is 14.5. The molecule has 0 amide bonds. The number of hydrogen-bond acceptors (Lipinski definition) is 6. The van der Waals surface area contributed by atoms with E-state index in [0.717, 1.165) is 12.0 Å². The minimum absolute atomic E-state index is 0.0132. The number of methoxy groups -OCH3 is 1. The summed E-state index contributed by atoms with van der Waals surface area (Å²) in [6.45, 7) is 0. The number of nitrogens with zero attached hydrogens (tertiary/aromatic N) is 2. The van der Waals surface area contributed by atoms with Gasteiger partial charge in [-0.2, -0.15) is 0 Å². The van der Waals surface area contributed by atoms with Crippen LogP contribution in [0.15, 0.2) is 48.6 Å². The van der Waals surface area contributed by atoms with Crippen LogP contribution in [0.2, 0.25) is 0 Å². The predicted molar refractivity (Wildman–Crippen MR) is 99.1 cm³/mol. The number of nitro groups is 2. The van der Waals surface area contributed by atoms with Gasteiger partial charge in [0.25, 0.3) is 5.69 Å². The van der Waals surface area contributed by atoms with Gasteiger partial charge >= 0.3 is 5.69 Å². The summed E-state index contributed by atoms with van der Waals surface area (Å²) in [7, 11) is 1.39. The van der Waals surface area contributed by atoms with Gasteiger partial charge in [-0.25, -0.2) is 0 Å². The SMILES string of the molecule is COc1ccc(C2Nc3c(cccc3[N+](=O)[O-])[C@@H]3C=CC[C@H]23)cc1[N+](=O)[O-]. The molecular formula is C19H17N3O5. The molecule has 0 saturated heterocycles. The largest absolute Gasteiger partial charge is 0.490 e. The molecular weight excluding hydrogens is 350 g/mol. The van der Waals surface area contributed by atoms with Crippen molar-refractivity contribution in [3.05, 3.63) is 79.9 Å². The lowest BCUT2D eigenvalue weighted by atomic mass is 9.76. The van der Waals surface area contributed by atoms with E-state index >= 15 is 0 Å². The van der Waals surface area contributed by atoms with Crippen molar-refractivity contribution in [1.29, 1.82) is 0 Å². The third kappa shape index (κ3) is 2.69. The van der Waals surface area contributed by atoms with Crippen molar-refractivity contribution in [2.24, 2.45) is 5.92 Å². The average Bonchev–Trinajstić information content (AvgIpc) is 3.16. The summed E-state index contributed by atoms with van der Waals surface area (Å²) in [5.74, 6) is 0.354. The van der Waals surface area contributed by atoms with E-state index in [1.54, 1.807) is 18.2 Å². The highest BCUT2D eigenvalue weighted by Gasteiger charge is 2.40. The van der Waals surface area contributed by atoms with E-state index in [2.05, 4.69) is 17.5 Å². The van der Waals surface area contributed by atoms with Crippen molar-refractivity contribution >= 4 is 17.1 Å². The summed E-state index contributed by atoms with van der Waals surface area (Å²) >= 11 is 0. The smallest absolute Gasteiger partial charge is 0.311 e. The second-order valence-corrected chi connectivity index (χ2v) is 6.66. The molecule has 1 heterocycles. The van der Waals surface area contributed by atoms with Crippen LogP contribution in [0.25, 0.3) is 0 Å². The van der Waals surface area contributed by atoms with Crippen LogP contribution in [0.3, 0.4) is 0 Å². The lowest BCUT2D eigenvalue weighted by Gasteiger charge is -2.37. The number of anilines is 1. The summed E-state index contributed by atoms with van der Waals surface area (Å²) in [5, 5.41) is 26.2. The molecule has 1 aliphatic heterocycles. The van der Waals surface area contributed by atoms with Gasteiger partial charge in [-0.15, -0.1) is 0 Å². The van der Waals surface area contributed by atoms with Gasteiger partial charge in [0.2, 0.25) is 0 Å². The first kappa shape index (κ1) is 17.0. The summed E-state index contributed by atoms with van der Waals surface area (Å²) < 4.78 is 5.08. The van der Waals surface area contributed by atoms with Gasteiger partial charge in [-0.3, -0.25) is 20.2 Å². The fourth-order valence-electron chi connectivity index (χ4n) is 4.13. The van der Waals surface area contributed by atoms with Gasteiger partial charge in [0.1, 0.15) is 5.69 Å². The van der Waals surface area contributed by atoms with Crippen molar-refractivity contribution in [1.82, 2.24) is 0 Å². The third-order valence-corrected chi connectivity index (χ3v) is 5.33. The van der Waals surface area contributed by atoms with Gasteiger partial charge in [0.15, 0.2) is 5.75 Å². The van der Waals surface area contributed by atoms with E-state index < -0.39 is 9.85 Å². The van der Waals surface area contributed by atoms with Crippen LogP contribution < -0.4 is 10.1 Å². The second kappa shape index (κ2) is 6.39. The quantitative estimate of drug-likeness (QED) is 0.489. The van der Waals surface area contributed by atoms with Gasteiger partial charge < -0.3 is 10.1 Å². The Morgan fingerprint density at radius 2 is 1.89 bits per heavy atom. The Kier molecular flexibility index (Phi) is 4.02. The van der Waals surface area contributed by atoms with Crippen molar-refractivity contribution in [3.8, 4) is 5.75 Å². The topological polar surface area (TPSA) is 108 Å². The lowest BCUT2D eigenvalue weighted by molar-refractivity contribution is -0.385. The monoisotopic (exact) mass is 367 g/mol. The molecule has 0 saturated carbocycles. The number of hydrogen-bond donors (Lipinski definition) is 1. The summed E-state index contributed by atoms with van der Waals surface area (Å²) in [5.41, 5.74) is 1.98. The predicted octanol–water partition coefficient (Wildman–Crippen LogP) is 4.34. The molecule has 2 aliphatic rings. The number of para-hydroxylation sites is 1. The summed E-state index contributed by atoms with van der Waals surface area (Å²) in [4.78, 5) is 22.0. The van der Waals surface area contributed by atoms with E-state index in [1.165, 1.54) is 19.2 Å². The van der Waals surface area contributed by atoms with E-state index in [4.69, 9.17) is 4.74 Å². The van der Waals surface area contributed by atoms with E-state index in [1.807, 2.05) is 6.07 Å². The van der Waals surface area contributed by atoms with Crippen LogP contribution in [0, 0.1) is 26.1 Å². The molecule has 0 bridgehead atoms. The molecule has 27 heavy (non-hydrogen) atoms. The van der Waals surface area contributed by atoms with Crippen molar-refractivity contribution < 1.29 is 14.6 Å². The van der Waals surface area contributed by atoms with Gasteiger partial charge in [0, 0.05) is 18.1 Å². The average molecular weight is 367 g/mol. The molecule has 2 aromatic rings. The summed E-state index contributed by atoms with van der Waals surface area (Å²) in [6, 6.07) is 9.63. The number of rotatable bonds is 4. The highest BCUT2D eigenvalue weighted by molar-refractivity contribution is 5.71. The maximum Gasteiger partial charge on any atom is 0.311 e. The molecule has 8 nitrogen and oxygen atoms in total. The Morgan fingerprint density at radius 1 is 1.11 bits per heavy atom. The molecule has 4 rings (SSSR count). The minimum Gasteiger partial charge on any atom is -0.490 e. The van der Waals surface area contributed by atoms with Crippen molar-refractivity contribution in [2.45, 2.75) is 18.4 Å². The van der Waals surface area contributed by atoms with E-state index in [-0.39, 0.29) is 35.0 Å². The van der Waals surface area contributed by atoms with Crippen LogP contribution in [0.5, 0.6) is 5.75 Å². The molecule has 1 aliphatic carbocycles. The first-order valence-corrected chi connectivity index (χ1v) is 8.54. The second-order valence-electron chi connectivity index (χ2n) is 6.66. The van der Waals surface area contributed by atoms with Crippen LogP contribution >= 0.6 is 0 Å². The fraction of sp³-hybridized carbons (Fsp3) is 0.263. The Balaban J connectivity index is 1.83. The molecule has 2 aromatic carbocycles. The van der Waals surface area contributed by atoms with Crippen LogP contribution in [0.4, 0.5) is 17.1 Å². The number of benzene rings is 2. The maximum atomic E-state index is 11.5. The number of nitrogens with one attached hydrogen (secondary N) is 1. The Bertz CT molecular complexity index is 972. The van der Waals surface area contributed by atoms with E-state index in [9.17, 15) is 20.2 Å². The highest BCUT2D eigenvalue weighted by atomic mass is 16.6. The van der Waals surface area contributed by atoms with Crippen LogP contribution in [-0.4, -0.2) is 17.0 Å². The zero-order chi connectivity index (χ0) is 19.1. The first-order chi connectivity index (χ1) is 13.0. The van der Waals surface area contributed by atoms with Gasteiger partial charge in [-0.05, 0) is 29.5 Å². The highest BCUT2D eigenvalue weighted by Crippen LogP contribution is 2.52. The van der Waals surface area contributed by atoms with Gasteiger partial charge in [0.05, 0.1) is 23.0 Å². The molecule has 138 valence electrons. The Hall–Kier alpha value is -3.42. The van der Waals surface area contributed by atoms with Crippen molar-refractivity contribution in [2.75, 3.05) is 12.4 Å². The fourth-order valence-corrected chi connectivity index (χ4v) is 4.13. The first-order valence-electron chi connectivity index (χ1n) is 8.54. The van der Waals surface area contributed by atoms with Gasteiger partial charge in [-0.1, -0.05) is 30.4 Å². The Morgan fingerprint density at radius 3 is 2.59 bits per heavy atom. The molecule has 0 radical (unpaired) electrons. The molecule has 1 unspecified atom stereocenters. The third-order valence-electron chi connectivity index (χ3n) is 5.33. The molecule has 8 heteroatoms. The molecule has 1 N–H and O–H groups in total. The Labute approximate surface area is 154 Å². The minimum atomic E-state index is -0.480. The molecule has 0 aromatic heterocycles. The summed E-state index contributed by atoms with van der Waals surface area (Å²) in [6.07, 6.45) is 4.93. The normalized spacial score (nSPS) is 22.5. The molecule has 0 spiro atoms. The zero-order valence-corrected chi connectivity index (χ0v) is 14.5. The maximum absolute atomic E-state index is 11.5. The molecule has 3 atom stereocenters.